The molecule has 0 radical (unpaired) electrons. The third-order valence-corrected chi connectivity index (χ3v) is 5.00. The lowest BCUT2D eigenvalue weighted by atomic mass is 10.1. The van der Waals surface area contributed by atoms with Crippen LogP contribution >= 0.6 is 11.3 Å². The number of hydrogen-bond donors (Lipinski definition) is 1. The molecule has 0 aliphatic carbocycles. The van der Waals surface area contributed by atoms with Crippen LogP contribution in [0.1, 0.15) is 34.0 Å². The van der Waals surface area contributed by atoms with Crippen molar-refractivity contribution in [2.75, 3.05) is 6.54 Å². The lowest BCUT2D eigenvalue weighted by Gasteiger charge is -2.08. The van der Waals surface area contributed by atoms with Crippen LogP contribution in [0.4, 0.5) is 0 Å². The van der Waals surface area contributed by atoms with E-state index in [0.717, 1.165) is 22.0 Å². The molecule has 1 atom stereocenters. The minimum absolute atomic E-state index is 0.159. The Labute approximate surface area is 145 Å². The van der Waals surface area contributed by atoms with Crippen molar-refractivity contribution in [1.29, 1.82) is 0 Å². The zero-order valence-electron chi connectivity index (χ0n) is 14.0. The van der Waals surface area contributed by atoms with Gasteiger partial charge in [-0.15, -0.1) is 11.3 Å². The molecule has 0 bridgehead atoms. The molecule has 2 aromatic heterocycles. The van der Waals surface area contributed by atoms with Gasteiger partial charge >= 0.3 is 0 Å². The second kappa shape index (κ2) is 6.97. The van der Waals surface area contributed by atoms with Gasteiger partial charge in [-0.1, -0.05) is 37.3 Å². The van der Waals surface area contributed by atoms with Crippen molar-refractivity contribution in [2.24, 2.45) is 7.05 Å². The van der Waals surface area contributed by atoms with Gasteiger partial charge in [0.05, 0.1) is 10.7 Å². The zero-order valence-corrected chi connectivity index (χ0v) is 14.8. The topological polar surface area (TPSA) is 59.8 Å². The number of amides is 1. The summed E-state index contributed by atoms with van der Waals surface area (Å²) in [6.45, 7) is 4.58. The Kier molecular flexibility index (Phi) is 4.76. The Balaban J connectivity index is 1.67. The lowest BCUT2D eigenvalue weighted by molar-refractivity contribution is 0.0946. The number of carbonyl (C=O) groups excluding carboxylic acids is 1. The Morgan fingerprint density at radius 1 is 1.33 bits per heavy atom. The smallest absolute Gasteiger partial charge is 0.271 e. The number of carbonyl (C=O) groups is 1. The molecule has 6 heteroatoms. The van der Waals surface area contributed by atoms with Crippen LogP contribution in [-0.2, 0) is 7.05 Å². The monoisotopic (exact) mass is 340 g/mol. The summed E-state index contributed by atoms with van der Waals surface area (Å²) in [6, 6.07) is 11.7. The summed E-state index contributed by atoms with van der Waals surface area (Å²) in [7, 11) is 1.85. The van der Waals surface area contributed by atoms with E-state index in [1.807, 2.05) is 55.7 Å². The van der Waals surface area contributed by atoms with E-state index in [1.54, 1.807) is 16.0 Å². The van der Waals surface area contributed by atoms with Gasteiger partial charge in [-0.05, 0) is 18.6 Å². The van der Waals surface area contributed by atoms with Crippen LogP contribution in [-0.4, -0.2) is 27.2 Å². The first kappa shape index (κ1) is 16.4. The number of aryl methyl sites for hydroxylation is 2. The predicted molar refractivity (Wildman–Crippen MR) is 96.2 cm³/mol. The molecule has 124 valence electrons. The first-order valence-corrected chi connectivity index (χ1v) is 8.72. The van der Waals surface area contributed by atoms with Gasteiger partial charge in [-0.3, -0.25) is 9.48 Å². The first-order chi connectivity index (χ1) is 11.5. The van der Waals surface area contributed by atoms with E-state index in [1.165, 1.54) is 0 Å². The average Bonchev–Trinajstić information content (AvgIpc) is 3.19. The number of benzene rings is 1. The molecule has 0 fully saturated rings. The van der Waals surface area contributed by atoms with Gasteiger partial charge in [0.1, 0.15) is 0 Å². The molecule has 24 heavy (non-hydrogen) atoms. The minimum atomic E-state index is -0.159. The number of nitrogens with one attached hydrogen (secondary N) is 1. The van der Waals surface area contributed by atoms with Gasteiger partial charge in [0, 0.05) is 30.6 Å². The maximum absolute atomic E-state index is 12.4. The van der Waals surface area contributed by atoms with Crippen LogP contribution in [0.2, 0.25) is 0 Å². The highest BCUT2D eigenvalue weighted by Crippen LogP contribution is 2.20. The Hall–Kier alpha value is -2.47. The molecule has 3 rings (SSSR count). The number of hydrogen-bond acceptors (Lipinski definition) is 4. The maximum Gasteiger partial charge on any atom is 0.271 e. The maximum atomic E-state index is 12.4. The van der Waals surface area contributed by atoms with Gasteiger partial charge in [0.25, 0.3) is 5.91 Å². The largest absolute Gasteiger partial charge is 0.350 e. The SMILES string of the molecule is Cc1csc([C@H](C)CNC(=O)c2cc(-c3ccccc3)n(C)n2)n1. The zero-order chi connectivity index (χ0) is 17.1. The standard InChI is InChI=1S/C18H20N4OS/c1-12(18-20-13(2)11-24-18)10-19-17(23)15-9-16(22(3)21-15)14-7-5-4-6-8-14/h4-9,11-12H,10H2,1-3H3,(H,19,23)/t12-/m1/s1. The molecule has 0 aliphatic heterocycles. The molecule has 0 aliphatic rings. The Morgan fingerprint density at radius 3 is 2.75 bits per heavy atom. The third-order valence-electron chi connectivity index (χ3n) is 3.81. The van der Waals surface area contributed by atoms with Crippen molar-refractivity contribution in [3.05, 3.63) is 58.2 Å². The Bertz CT molecular complexity index is 838. The van der Waals surface area contributed by atoms with Crippen LogP contribution in [0.15, 0.2) is 41.8 Å². The predicted octanol–water partition coefficient (Wildman–Crippen LogP) is 3.39. The molecule has 0 spiro atoms. The van der Waals surface area contributed by atoms with Crippen LogP contribution in [0.3, 0.4) is 0 Å². The number of rotatable bonds is 5. The summed E-state index contributed by atoms with van der Waals surface area (Å²) in [6.07, 6.45) is 0. The number of thiazole rings is 1. The molecule has 0 unspecified atom stereocenters. The minimum Gasteiger partial charge on any atom is -0.350 e. The molecular weight excluding hydrogens is 320 g/mol. The van der Waals surface area contributed by atoms with Crippen molar-refractivity contribution in [3.8, 4) is 11.3 Å². The summed E-state index contributed by atoms with van der Waals surface area (Å²) < 4.78 is 1.73. The summed E-state index contributed by atoms with van der Waals surface area (Å²) >= 11 is 1.63. The number of aromatic nitrogens is 3. The van der Waals surface area contributed by atoms with Crippen LogP contribution in [0.5, 0.6) is 0 Å². The highest BCUT2D eigenvalue weighted by molar-refractivity contribution is 7.09. The van der Waals surface area contributed by atoms with Crippen molar-refractivity contribution >= 4 is 17.2 Å². The summed E-state index contributed by atoms with van der Waals surface area (Å²) in [4.78, 5) is 16.8. The normalized spacial score (nSPS) is 12.1. The first-order valence-electron chi connectivity index (χ1n) is 7.84. The van der Waals surface area contributed by atoms with E-state index >= 15 is 0 Å². The summed E-state index contributed by atoms with van der Waals surface area (Å²) in [5.41, 5.74) is 3.41. The van der Waals surface area contributed by atoms with Gasteiger partial charge in [0.15, 0.2) is 5.69 Å². The average molecular weight is 340 g/mol. The summed E-state index contributed by atoms with van der Waals surface area (Å²) in [5, 5.41) is 10.4. The molecule has 0 saturated heterocycles. The van der Waals surface area contributed by atoms with E-state index in [4.69, 9.17) is 0 Å². The van der Waals surface area contributed by atoms with E-state index in [0.29, 0.717) is 12.2 Å². The van der Waals surface area contributed by atoms with E-state index in [2.05, 4.69) is 22.3 Å². The van der Waals surface area contributed by atoms with Gasteiger partial charge < -0.3 is 5.32 Å². The Morgan fingerprint density at radius 2 is 2.08 bits per heavy atom. The quantitative estimate of drug-likeness (QED) is 0.774. The number of nitrogens with zero attached hydrogens (tertiary/aromatic N) is 3. The molecule has 2 heterocycles. The molecule has 5 nitrogen and oxygen atoms in total. The van der Waals surface area contributed by atoms with E-state index in [-0.39, 0.29) is 11.8 Å². The van der Waals surface area contributed by atoms with E-state index < -0.39 is 0 Å². The fourth-order valence-corrected chi connectivity index (χ4v) is 3.34. The van der Waals surface area contributed by atoms with Gasteiger partial charge in [-0.25, -0.2) is 4.98 Å². The lowest BCUT2D eigenvalue weighted by Crippen LogP contribution is -2.28. The van der Waals surface area contributed by atoms with Crippen LogP contribution in [0.25, 0.3) is 11.3 Å². The van der Waals surface area contributed by atoms with E-state index in [9.17, 15) is 4.79 Å². The molecular formula is C18H20N4OS. The summed E-state index contributed by atoms with van der Waals surface area (Å²) in [5.74, 6) is 0.0258. The molecule has 1 aromatic carbocycles. The van der Waals surface area contributed by atoms with Crippen molar-refractivity contribution in [2.45, 2.75) is 19.8 Å². The van der Waals surface area contributed by atoms with Gasteiger partial charge in [0.2, 0.25) is 0 Å². The fraction of sp³-hybridized carbons (Fsp3) is 0.278. The highest BCUT2D eigenvalue weighted by Gasteiger charge is 2.16. The van der Waals surface area contributed by atoms with Crippen molar-refractivity contribution < 1.29 is 4.79 Å². The van der Waals surface area contributed by atoms with Crippen LogP contribution < -0.4 is 5.32 Å². The molecule has 0 saturated carbocycles. The van der Waals surface area contributed by atoms with Gasteiger partial charge in [-0.2, -0.15) is 5.10 Å². The molecule has 1 N–H and O–H groups in total. The fourth-order valence-electron chi connectivity index (χ4n) is 2.48. The second-order valence-corrected chi connectivity index (χ2v) is 6.73. The molecule has 3 aromatic rings. The van der Waals surface area contributed by atoms with Crippen molar-refractivity contribution in [1.82, 2.24) is 20.1 Å². The van der Waals surface area contributed by atoms with Crippen LogP contribution in [0, 0.1) is 6.92 Å². The third kappa shape index (κ3) is 3.54. The molecule has 1 amide bonds. The second-order valence-electron chi connectivity index (χ2n) is 5.84. The highest BCUT2D eigenvalue weighted by atomic mass is 32.1. The van der Waals surface area contributed by atoms with Crippen molar-refractivity contribution in [3.63, 3.8) is 0 Å².